The summed E-state index contributed by atoms with van der Waals surface area (Å²) in [6.07, 6.45) is 0.478. The number of hydrogen-bond acceptors (Lipinski definition) is 2. The van der Waals surface area contributed by atoms with E-state index in [9.17, 15) is 14.3 Å². The zero-order valence-electron chi connectivity index (χ0n) is 11.5. The summed E-state index contributed by atoms with van der Waals surface area (Å²) in [6, 6.07) is 13.5. The SMILES string of the molecule is O=C1c2ccccc2C(O)N1CCCc1cccc(F)c1. The summed E-state index contributed by atoms with van der Waals surface area (Å²) in [6.45, 7) is 0.450. The summed E-state index contributed by atoms with van der Waals surface area (Å²) in [7, 11) is 0. The van der Waals surface area contributed by atoms with E-state index in [-0.39, 0.29) is 11.7 Å². The van der Waals surface area contributed by atoms with Gasteiger partial charge >= 0.3 is 0 Å². The predicted octanol–water partition coefficient (Wildman–Crippen LogP) is 2.91. The van der Waals surface area contributed by atoms with E-state index in [1.54, 1.807) is 24.3 Å². The number of halogens is 1. The smallest absolute Gasteiger partial charge is 0.256 e. The first-order valence-electron chi connectivity index (χ1n) is 6.99. The van der Waals surface area contributed by atoms with Gasteiger partial charge in [-0.15, -0.1) is 0 Å². The molecule has 2 aromatic carbocycles. The largest absolute Gasteiger partial charge is 0.369 e. The fourth-order valence-electron chi connectivity index (χ4n) is 2.72. The first-order valence-corrected chi connectivity index (χ1v) is 6.99. The van der Waals surface area contributed by atoms with Crippen molar-refractivity contribution in [2.24, 2.45) is 0 Å². The van der Waals surface area contributed by atoms with Crippen LogP contribution in [0.15, 0.2) is 48.5 Å². The highest BCUT2D eigenvalue weighted by atomic mass is 19.1. The number of fused-ring (bicyclic) bond motifs is 1. The molecule has 0 spiro atoms. The second-order valence-electron chi connectivity index (χ2n) is 5.19. The van der Waals surface area contributed by atoms with E-state index in [4.69, 9.17) is 0 Å². The zero-order valence-corrected chi connectivity index (χ0v) is 11.5. The maximum Gasteiger partial charge on any atom is 0.256 e. The average Bonchev–Trinajstić information content (AvgIpc) is 2.73. The Morgan fingerprint density at radius 3 is 2.71 bits per heavy atom. The molecule has 21 heavy (non-hydrogen) atoms. The van der Waals surface area contributed by atoms with Crippen LogP contribution in [-0.4, -0.2) is 22.5 Å². The maximum atomic E-state index is 13.1. The van der Waals surface area contributed by atoms with Crippen LogP contribution >= 0.6 is 0 Å². The third kappa shape index (κ3) is 2.67. The summed E-state index contributed by atoms with van der Waals surface area (Å²) in [4.78, 5) is 13.7. The zero-order chi connectivity index (χ0) is 14.8. The molecule has 1 N–H and O–H groups in total. The van der Waals surface area contributed by atoms with Crippen molar-refractivity contribution in [3.05, 3.63) is 71.0 Å². The van der Waals surface area contributed by atoms with E-state index in [2.05, 4.69) is 0 Å². The number of carbonyl (C=O) groups excluding carboxylic acids is 1. The number of hydrogen-bond donors (Lipinski definition) is 1. The van der Waals surface area contributed by atoms with Gasteiger partial charge in [-0.1, -0.05) is 30.3 Å². The summed E-state index contributed by atoms with van der Waals surface area (Å²) >= 11 is 0. The second-order valence-corrected chi connectivity index (χ2v) is 5.19. The second kappa shape index (κ2) is 5.66. The molecule has 0 radical (unpaired) electrons. The minimum Gasteiger partial charge on any atom is -0.369 e. The van der Waals surface area contributed by atoms with E-state index in [0.29, 0.717) is 30.5 Å². The lowest BCUT2D eigenvalue weighted by Gasteiger charge is -2.20. The molecule has 0 bridgehead atoms. The van der Waals surface area contributed by atoms with Crippen molar-refractivity contribution >= 4 is 5.91 Å². The monoisotopic (exact) mass is 285 g/mol. The van der Waals surface area contributed by atoms with E-state index in [0.717, 1.165) is 5.56 Å². The molecule has 3 rings (SSSR count). The molecular weight excluding hydrogens is 269 g/mol. The molecule has 1 amide bonds. The highest BCUT2D eigenvalue weighted by Crippen LogP contribution is 2.31. The Morgan fingerprint density at radius 2 is 1.95 bits per heavy atom. The van der Waals surface area contributed by atoms with Crippen molar-refractivity contribution in [3.8, 4) is 0 Å². The Bertz CT molecular complexity index is 671. The quantitative estimate of drug-likeness (QED) is 0.938. The lowest BCUT2D eigenvalue weighted by Crippen LogP contribution is -2.29. The fourth-order valence-corrected chi connectivity index (χ4v) is 2.72. The van der Waals surface area contributed by atoms with Crippen LogP contribution in [0.4, 0.5) is 4.39 Å². The van der Waals surface area contributed by atoms with Gasteiger partial charge < -0.3 is 10.0 Å². The van der Waals surface area contributed by atoms with Crippen molar-refractivity contribution in [2.75, 3.05) is 6.54 Å². The molecular formula is C17H16FNO2. The minimum atomic E-state index is -0.874. The van der Waals surface area contributed by atoms with Crippen LogP contribution in [0.3, 0.4) is 0 Å². The first-order chi connectivity index (χ1) is 10.2. The molecule has 1 heterocycles. The van der Waals surface area contributed by atoms with Crippen LogP contribution in [0.25, 0.3) is 0 Å². The topological polar surface area (TPSA) is 40.5 Å². The Hall–Kier alpha value is -2.20. The van der Waals surface area contributed by atoms with Crippen molar-refractivity contribution in [1.29, 1.82) is 0 Å². The maximum absolute atomic E-state index is 13.1. The molecule has 1 aliphatic rings. The minimum absolute atomic E-state index is 0.141. The van der Waals surface area contributed by atoms with Crippen LogP contribution in [0, 0.1) is 5.82 Å². The standard InChI is InChI=1S/C17H16FNO2/c18-13-7-3-5-12(11-13)6-4-10-19-16(20)14-8-1-2-9-15(14)17(19)21/h1-3,5,7-9,11,16,20H,4,6,10H2. The van der Waals surface area contributed by atoms with Gasteiger partial charge in [0.2, 0.25) is 0 Å². The van der Waals surface area contributed by atoms with Gasteiger partial charge in [-0.25, -0.2) is 4.39 Å². The number of nitrogens with zero attached hydrogens (tertiary/aromatic N) is 1. The Morgan fingerprint density at radius 1 is 1.14 bits per heavy atom. The van der Waals surface area contributed by atoms with Gasteiger partial charge in [0.1, 0.15) is 5.82 Å². The van der Waals surface area contributed by atoms with Crippen LogP contribution in [0.1, 0.15) is 34.1 Å². The Balaban J connectivity index is 1.63. The van der Waals surface area contributed by atoms with Crippen molar-refractivity contribution in [3.63, 3.8) is 0 Å². The summed E-state index contributed by atoms with van der Waals surface area (Å²) in [5.74, 6) is -0.394. The number of amides is 1. The van der Waals surface area contributed by atoms with Crippen LogP contribution < -0.4 is 0 Å². The average molecular weight is 285 g/mol. The van der Waals surface area contributed by atoms with Gasteiger partial charge in [0.25, 0.3) is 5.91 Å². The van der Waals surface area contributed by atoms with Crippen LogP contribution in [0.5, 0.6) is 0 Å². The van der Waals surface area contributed by atoms with Crippen LogP contribution in [-0.2, 0) is 6.42 Å². The molecule has 1 atom stereocenters. The summed E-state index contributed by atoms with van der Waals surface area (Å²) < 4.78 is 13.1. The molecule has 0 aliphatic carbocycles. The number of carbonyl (C=O) groups is 1. The summed E-state index contributed by atoms with van der Waals surface area (Å²) in [5.41, 5.74) is 2.12. The number of aliphatic hydroxyl groups is 1. The molecule has 4 heteroatoms. The molecule has 3 nitrogen and oxygen atoms in total. The van der Waals surface area contributed by atoms with Gasteiger partial charge in [0.05, 0.1) is 0 Å². The van der Waals surface area contributed by atoms with Crippen molar-refractivity contribution < 1.29 is 14.3 Å². The van der Waals surface area contributed by atoms with Crippen LogP contribution in [0.2, 0.25) is 0 Å². The number of benzene rings is 2. The van der Waals surface area contributed by atoms with E-state index in [1.807, 2.05) is 12.1 Å². The van der Waals surface area contributed by atoms with Gasteiger partial charge in [-0.2, -0.15) is 0 Å². The van der Waals surface area contributed by atoms with E-state index >= 15 is 0 Å². The molecule has 1 unspecified atom stereocenters. The summed E-state index contributed by atoms with van der Waals surface area (Å²) in [5, 5.41) is 10.2. The first kappa shape index (κ1) is 13.8. The Kier molecular flexibility index (Phi) is 3.71. The molecule has 108 valence electrons. The van der Waals surface area contributed by atoms with Gasteiger partial charge in [0.15, 0.2) is 6.23 Å². The van der Waals surface area contributed by atoms with Crippen molar-refractivity contribution in [1.82, 2.24) is 4.90 Å². The molecule has 2 aromatic rings. The number of rotatable bonds is 4. The van der Waals surface area contributed by atoms with Crippen molar-refractivity contribution in [2.45, 2.75) is 19.1 Å². The third-order valence-electron chi connectivity index (χ3n) is 3.78. The molecule has 0 aromatic heterocycles. The van der Waals surface area contributed by atoms with Gasteiger partial charge in [0, 0.05) is 17.7 Å². The predicted molar refractivity (Wildman–Crippen MR) is 77.2 cm³/mol. The van der Waals surface area contributed by atoms with Gasteiger partial charge in [-0.05, 0) is 36.6 Å². The molecule has 0 saturated heterocycles. The fraction of sp³-hybridized carbons (Fsp3) is 0.235. The molecule has 0 fully saturated rings. The highest BCUT2D eigenvalue weighted by molar-refractivity contribution is 5.98. The third-order valence-corrected chi connectivity index (χ3v) is 3.78. The molecule has 1 aliphatic heterocycles. The Labute approximate surface area is 122 Å². The van der Waals surface area contributed by atoms with E-state index < -0.39 is 6.23 Å². The van der Waals surface area contributed by atoms with E-state index in [1.165, 1.54) is 17.0 Å². The number of aryl methyl sites for hydroxylation is 1. The molecule has 0 saturated carbocycles. The lowest BCUT2D eigenvalue weighted by molar-refractivity contribution is 0.0172. The highest BCUT2D eigenvalue weighted by Gasteiger charge is 2.34. The normalized spacial score (nSPS) is 17.1. The number of aliphatic hydroxyl groups excluding tert-OH is 1. The lowest BCUT2D eigenvalue weighted by atomic mass is 10.1. The van der Waals surface area contributed by atoms with Gasteiger partial charge in [-0.3, -0.25) is 4.79 Å².